The summed E-state index contributed by atoms with van der Waals surface area (Å²) in [6.07, 6.45) is 0.341. The number of nitrogens with one attached hydrogen (secondary N) is 1. The van der Waals surface area contributed by atoms with Crippen molar-refractivity contribution in [3.8, 4) is 6.07 Å². The molecule has 0 unspecified atom stereocenters. The molecule has 9 heavy (non-hydrogen) atoms. The van der Waals surface area contributed by atoms with Crippen LogP contribution in [0.1, 0.15) is 13.3 Å². The Morgan fingerprint density at radius 1 is 1.89 bits per heavy atom. The maximum Gasteiger partial charge on any atom is 0.321 e. The van der Waals surface area contributed by atoms with Crippen molar-refractivity contribution in [3.05, 3.63) is 0 Å². The highest BCUT2D eigenvalue weighted by atomic mass is 16.7. The Morgan fingerprint density at radius 3 is 3.00 bits per heavy atom. The first-order valence-electron chi connectivity index (χ1n) is 2.54. The van der Waals surface area contributed by atoms with Gasteiger partial charge in [-0.2, -0.15) is 10.7 Å². The highest BCUT2D eigenvalue weighted by Crippen LogP contribution is 1.71. The third-order valence-electron chi connectivity index (χ3n) is 0.555. The average Bonchev–Trinajstić information content (AvgIpc) is 1.80. The lowest BCUT2D eigenvalue weighted by atomic mass is 10.5. The highest BCUT2D eigenvalue weighted by molar-refractivity contribution is 5.65. The summed E-state index contributed by atoms with van der Waals surface area (Å²) in [6, 6.07) is 1.89. The summed E-state index contributed by atoms with van der Waals surface area (Å²) in [4.78, 5) is 14.3. The number of hydrogen-bond donors (Lipinski definition) is 1. The number of nitriles is 1. The molecule has 0 atom stereocenters. The van der Waals surface area contributed by atoms with E-state index in [-0.39, 0.29) is 0 Å². The van der Waals surface area contributed by atoms with Crippen LogP contribution in [0.15, 0.2) is 0 Å². The van der Waals surface area contributed by atoms with E-state index in [0.29, 0.717) is 13.0 Å². The van der Waals surface area contributed by atoms with Crippen LogP contribution in [0, 0.1) is 11.3 Å². The van der Waals surface area contributed by atoms with Gasteiger partial charge in [-0.05, 0) is 0 Å². The Balaban J connectivity index is 2.94. The van der Waals surface area contributed by atoms with Gasteiger partial charge in [0, 0.05) is 13.5 Å². The molecule has 0 aromatic carbocycles. The van der Waals surface area contributed by atoms with Crippen molar-refractivity contribution in [3.63, 3.8) is 0 Å². The molecule has 50 valence electrons. The van der Waals surface area contributed by atoms with Crippen molar-refractivity contribution in [1.82, 2.24) is 5.48 Å². The maximum atomic E-state index is 10.0. The molecular formula is C5H8N2O2. The van der Waals surface area contributed by atoms with E-state index in [0.717, 1.165) is 0 Å². The van der Waals surface area contributed by atoms with Gasteiger partial charge in [0.05, 0.1) is 12.5 Å². The van der Waals surface area contributed by atoms with Gasteiger partial charge in [0.25, 0.3) is 0 Å². The lowest BCUT2D eigenvalue weighted by Crippen LogP contribution is -2.18. The van der Waals surface area contributed by atoms with Crippen LogP contribution in [0.2, 0.25) is 0 Å². The second-order valence-corrected chi connectivity index (χ2v) is 1.40. The SMILES string of the molecule is CC(=O)ONCCC#N. The third kappa shape index (κ3) is 6.92. The molecule has 0 aromatic heterocycles. The molecule has 0 amide bonds. The molecule has 0 radical (unpaired) electrons. The van der Waals surface area contributed by atoms with E-state index in [1.165, 1.54) is 6.92 Å². The molecule has 0 aliphatic heterocycles. The minimum absolute atomic E-state index is 0.341. The quantitative estimate of drug-likeness (QED) is 0.428. The van der Waals surface area contributed by atoms with E-state index in [9.17, 15) is 4.79 Å². The molecule has 1 N–H and O–H groups in total. The lowest BCUT2D eigenvalue weighted by Gasteiger charge is -1.97. The average molecular weight is 128 g/mol. The number of hydrogen-bond acceptors (Lipinski definition) is 4. The van der Waals surface area contributed by atoms with Gasteiger partial charge in [-0.1, -0.05) is 0 Å². The van der Waals surface area contributed by atoms with E-state index >= 15 is 0 Å². The van der Waals surface area contributed by atoms with Crippen LogP contribution >= 0.6 is 0 Å². The molecule has 0 spiro atoms. The van der Waals surface area contributed by atoms with Crippen LogP contribution in [-0.2, 0) is 9.63 Å². The smallest absolute Gasteiger partial charge is 0.321 e. The number of carbonyl (C=O) groups excluding carboxylic acids is 1. The lowest BCUT2D eigenvalue weighted by molar-refractivity contribution is -0.148. The molecule has 0 fully saturated rings. The fraction of sp³-hybridized carbons (Fsp3) is 0.600. The van der Waals surface area contributed by atoms with Gasteiger partial charge in [0.15, 0.2) is 0 Å². The Hall–Kier alpha value is -1.08. The Labute approximate surface area is 53.4 Å². The molecule has 0 aliphatic carbocycles. The van der Waals surface area contributed by atoms with Gasteiger partial charge in [0.1, 0.15) is 0 Å². The molecule has 0 saturated carbocycles. The Bertz CT molecular complexity index is 127. The molecule has 0 heterocycles. The first kappa shape index (κ1) is 7.92. The van der Waals surface area contributed by atoms with Crippen LogP contribution in [0.25, 0.3) is 0 Å². The molecule has 4 heteroatoms. The number of hydroxylamine groups is 1. The maximum absolute atomic E-state index is 10.0. The van der Waals surface area contributed by atoms with Gasteiger partial charge < -0.3 is 4.84 Å². The molecule has 4 nitrogen and oxygen atoms in total. The Morgan fingerprint density at radius 2 is 2.56 bits per heavy atom. The van der Waals surface area contributed by atoms with E-state index in [4.69, 9.17) is 5.26 Å². The summed E-state index contributed by atoms with van der Waals surface area (Å²) in [5.41, 5.74) is 2.31. The fourth-order valence-electron chi connectivity index (χ4n) is 0.260. The fourth-order valence-corrected chi connectivity index (χ4v) is 0.260. The van der Waals surface area contributed by atoms with Gasteiger partial charge in [0.2, 0.25) is 0 Å². The summed E-state index contributed by atoms with van der Waals surface area (Å²) in [5.74, 6) is -0.395. The van der Waals surface area contributed by atoms with E-state index in [1.807, 2.05) is 6.07 Å². The number of rotatable bonds is 3. The predicted molar refractivity (Wildman–Crippen MR) is 30.0 cm³/mol. The first-order valence-corrected chi connectivity index (χ1v) is 2.54. The standard InChI is InChI=1S/C5H8N2O2/c1-5(8)9-7-4-2-3-6/h7H,2,4H2,1H3. The van der Waals surface area contributed by atoms with Crippen molar-refractivity contribution < 1.29 is 9.63 Å². The summed E-state index contributed by atoms with van der Waals surface area (Å²) < 4.78 is 0. The van der Waals surface area contributed by atoms with E-state index < -0.39 is 5.97 Å². The van der Waals surface area contributed by atoms with Crippen molar-refractivity contribution >= 4 is 5.97 Å². The normalized spacial score (nSPS) is 8.00. The minimum atomic E-state index is -0.395. The second kappa shape index (κ2) is 5.06. The highest BCUT2D eigenvalue weighted by Gasteiger charge is 1.88. The zero-order valence-electron chi connectivity index (χ0n) is 5.18. The van der Waals surface area contributed by atoms with Crippen molar-refractivity contribution in [2.45, 2.75) is 13.3 Å². The zero-order chi connectivity index (χ0) is 7.11. The number of carbonyl (C=O) groups is 1. The van der Waals surface area contributed by atoms with Crippen LogP contribution in [0.5, 0.6) is 0 Å². The van der Waals surface area contributed by atoms with Crippen molar-refractivity contribution in [2.24, 2.45) is 0 Å². The van der Waals surface area contributed by atoms with Crippen molar-refractivity contribution in [1.29, 1.82) is 5.26 Å². The topological polar surface area (TPSA) is 62.1 Å². The molecular weight excluding hydrogens is 120 g/mol. The first-order chi connectivity index (χ1) is 4.27. The second-order valence-electron chi connectivity index (χ2n) is 1.40. The monoisotopic (exact) mass is 128 g/mol. The predicted octanol–water partition coefficient (Wildman–Crippen LogP) is -0.0322. The van der Waals surface area contributed by atoms with Gasteiger partial charge in [-0.15, -0.1) is 0 Å². The van der Waals surface area contributed by atoms with Gasteiger partial charge >= 0.3 is 5.97 Å². The van der Waals surface area contributed by atoms with Crippen LogP contribution in [0.3, 0.4) is 0 Å². The van der Waals surface area contributed by atoms with Gasteiger partial charge in [-0.3, -0.25) is 4.79 Å². The Kier molecular flexibility index (Phi) is 4.46. The van der Waals surface area contributed by atoms with Crippen molar-refractivity contribution in [2.75, 3.05) is 6.54 Å². The van der Waals surface area contributed by atoms with Crippen LogP contribution < -0.4 is 5.48 Å². The van der Waals surface area contributed by atoms with Crippen LogP contribution in [0.4, 0.5) is 0 Å². The summed E-state index contributed by atoms with van der Waals surface area (Å²) >= 11 is 0. The molecule has 0 aromatic rings. The van der Waals surface area contributed by atoms with E-state index in [1.54, 1.807) is 0 Å². The molecule has 0 saturated heterocycles. The third-order valence-corrected chi connectivity index (χ3v) is 0.555. The molecule has 0 bridgehead atoms. The summed E-state index contributed by atoms with van der Waals surface area (Å²) in [5, 5.41) is 8.00. The summed E-state index contributed by atoms with van der Waals surface area (Å²) in [6.45, 7) is 1.68. The molecule has 0 aliphatic rings. The van der Waals surface area contributed by atoms with Gasteiger partial charge in [-0.25, -0.2) is 0 Å². The number of nitrogens with zero attached hydrogens (tertiary/aromatic N) is 1. The zero-order valence-corrected chi connectivity index (χ0v) is 5.18. The summed E-state index contributed by atoms with van der Waals surface area (Å²) in [7, 11) is 0. The molecule has 0 rings (SSSR count). The van der Waals surface area contributed by atoms with Crippen LogP contribution in [-0.4, -0.2) is 12.5 Å². The largest absolute Gasteiger partial charge is 0.371 e. The van der Waals surface area contributed by atoms with E-state index in [2.05, 4.69) is 10.3 Å². The minimum Gasteiger partial charge on any atom is -0.371 e.